The molecule has 1 aliphatic rings. The Kier molecular flexibility index (Phi) is 5.61. The molecule has 1 aromatic carbocycles. The van der Waals surface area contributed by atoms with Crippen LogP contribution in [-0.4, -0.2) is 28.3 Å². The first-order valence-electron chi connectivity index (χ1n) is 8.45. The van der Waals surface area contributed by atoms with Gasteiger partial charge in [0.1, 0.15) is 5.82 Å². The van der Waals surface area contributed by atoms with Gasteiger partial charge in [-0.15, -0.1) is 0 Å². The number of carbonyl (C=O) groups is 2. The predicted octanol–water partition coefficient (Wildman–Crippen LogP) is 3.19. The van der Waals surface area contributed by atoms with Crippen molar-refractivity contribution >= 4 is 23.8 Å². The number of esters is 1. The first-order valence-corrected chi connectivity index (χ1v) is 8.45. The van der Waals surface area contributed by atoms with Crippen LogP contribution >= 0.6 is 0 Å². The molecule has 0 spiro atoms. The Morgan fingerprint density at radius 1 is 1.20 bits per heavy atom. The molecule has 25 heavy (non-hydrogen) atoms. The molecular weight excluding hydrogens is 318 g/mol. The highest BCUT2D eigenvalue weighted by Gasteiger charge is 2.20. The molecule has 1 amide bonds. The van der Waals surface area contributed by atoms with Crippen molar-refractivity contribution in [3.8, 4) is 0 Å². The molecule has 1 aromatic heterocycles. The molecule has 3 rings (SSSR count). The van der Waals surface area contributed by atoms with Crippen molar-refractivity contribution in [2.24, 2.45) is 0 Å². The lowest BCUT2D eigenvalue weighted by Crippen LogP contribution is -2.22. The third-order valence-electron chi connectivity index (χ3n) is 4.17. The van der Waals surface area contributed by atoms with Crippen LogP contribution in [0.1, 0.15) is 37.3 Å². The fourth-order valence-electron chi connectivity index (χ4n) is 2.95. The SMILES string of the molecule is O=C(COC(=O)/C=C/c1ccccc1)Nc1ccnn1C1CCCC1. The average Bonchev–Trinajstić information content (AvgIpc) is 3.30. The van der Waals surface area contributed by atoms with Crippen LogP contribution < -0.4 is 5.32 Å². The Morgan fingerprint density at radius 2 is 1.96 bits per heavy atom. The lowest BCUT2D eigenvalue weighted by molar-refractivity contribution is -0.142. The highest BCUT2D eigenvalue weighted by atomic mass is 16.5. The predicted molar refractivity (Wildman–Crippen MR) is 94.8 cm³/mol. The maximum atomic E-state index is 12.0. The third kappa shape index (κ3) is 4.79. The summed E-state index contributed by atoms with van der Waals surface area (Å²) in [5, 5.41) is 7.05. The van der Waals surface area contributed by atoms with Crippen molar-refractivity contribution < 1.29 is 14.3 Å². The zero-order valence-corrected chi connectivity index (χ0v) is 13.9. The summed E-state index contributed by atoms with van der Waals surface area (Å²) >= 11 is 0. The number of hydrogen-bond acceptors (Lipinski definition) is 4. The van der Waals surface area contributed by atoms with E-state index in [0.29, 0.717) is 11.9 Å². The molecule has 0 radical (unpaired) electrons. The Labute approximate surface area is 146 Å². The summed E-state index contributed by atoms with van der Waals surface area (Å²) in [5.41, 5.74) is 0.893. The minimum absolute atomic E-state index is 0.326. The van der Waals surface area contributed by atoms with Crippen LogP contribution in [0, 0.1) is 0 Å². The molecule has 2 aromatic rings. The molecule has 0 bridgehead atoms. The summed E-state index contributed by atoms with van der Waals surface area (Å²) in [5.74, 6) is -0.280. The van der Waals surface area contributed by atoms with Gasteiger partial charge in [-0.05, 0) is 24.5 Å². The summed E-state index contributed by atoms with van der Waals surface area (Å²) in [6.07, 6.45) is 9.14. The monoisotopic (exact) mass is 339 g/mol. The highest BCUT2D eigenvalue weighted by Crippen LogP contribution is 2.31. The van der Waals surface area contributed by atoms with Gasteiger partial charge in [0.15, 0.2) is 6.61 Å². The Hall–Kier alpha value is -2.89. The summed E-state index contributed by atoms with van der Waals surface area (Å²) in [7, 11) is 0. The summed E-state index contributed by atoms with van der Waals surface area (Å²) < 4.78 is 6.82. The van der Waals surface area contributed by atoms with E-state index in [0.717, 1.165) is 18.4 Å². The second kappa shape index (κ2) is 8.28. The van der Waals surface area contributed by atoms with Crippen molar-refractivity contribution in [3.05, 3.63) is 54.2 Å². The smallest absolute Gasteiger partial charge is 0.331 e. The van der Waals surface area contributed by atoms with Gasteiger partial charge in [0.2, 0.25) is 0 Å². The molecule has 0 saturated heterocycles. The number of anilines is 1. The van der Waals surface area contributed by atoms with E-state index >= 15 is 0 Å². The molecule has 1 fully saturated rings. The highest BCUT2D eigenvalue weighted by molar-refractivity contribution is 5.94. The number of hydrogen-bond donors (Lipinski definition) is 1. The zero-order chi connectivity index (χ0) is 17.5. The number of carbonyl (C=O) groups excluding carboxylic acids is 2. The normalized spacial score (nSPS) is 14.7. The van der Waals surface area contributed by atoms with Crippen molar-refractivity contribution in [2.45, 2.75) is 31.7 Å². The molecule has 6 heteroatoms. The first-order chi connectivity index (χ1) is 12.2. The first kappa shape index (κ1) is 17.0. The Balaban J connectivity index is 1.47. The van der Waals surface area contributed by atoms with Gasteiger partial charge in [0.25, 0.3) is 5.91 Å². The molecule has 130 valence electrons. The summed E-state index contributed by atoms with van der Waals surface area (Å²) in [4.78, 5) is 23.7. The Bertz CT molecular complexity index is 746. The number of benzene rings is 1. The van der Waals surface area contributed by atoms with Crippen molar-refractivity contribution in [3.63, 3.8) is 0 Å². The lowest BCUT2D eigenvalue weighted by atomic mass is 10.2. The largest absolute Gasteiger partial charge is 0.452 e. The standard InChI is InChI=1S/C19H21N3O3/c23-18(14-25-19(24)11-10-15-6-2-1-3-7-15)21-17-12-13-20-22(17)16-8-4-5-9-16/h1-3,6-7,10-13,16H,4-5,8-9,14H2,(H,21,23)/b11-10+. The van der Waals surface area contributed by atoms with E-state index in [1.54, 1.807) is 18.3 Å². The van der Waals surface area contributed by atoms with E-state index in [4.69, 9.17) is 4.74 Å². The van der Waals surface area contributed by atoms with Crippen molar-refractivity contribution in [1.82, 2.24) is 9.78 Å². The number of nitrogens with one attached hydrogen (secondary N) is 1. The second-order valence-corrected chi connectivity index (χ2v) is 6.00. The topological polar surface area (TPSA) is 73.2 Å². The maximum absolute atomic E-state index is 12.0. The number of aromatic nitrogens is 2. The van der Waals surface area contributed by atoms with Crippen LogP contribution in [0.15, 0.2) is 48.7 Å². The molecule has 0 unspecified atom stereocenters. The molecule has 1 N–H and O–H groups in total. The van der Waals surface area contributed by atoms with Crippen LogP contribution in [0.4, 0.5) is 5.82 Å². The van der Waals surface area contributed by atoms with Gasteiger partial charge in [0.05, 0.1) is 12.2 Å². The maximum Gasteiger partial charge on any atom is 0.331 e. The van der Waals surface area contributed by atoms with E-state index in [1.165, 1.54) is 18.9 Å². The lowest BCUT2D eigenvalue weighted by Gasteiger charge is -2.14. The third-order valence-corrected chi connectivity index (χ3v) is 4.17. The van der Waals surface area contributed by atoms with E-state index in [9.17, 15) is 9.59 Å². The molecule has 1 aliphatic carbocycles. The number of nitrogens with zero attached hydrogens (tertiary/aromatic N) is 2. The van der Waals surface area contributed by atoms with Crippen molar-refractivity contribution in [1.29, 1.82) is 0 Å². The van der Waals surface area contributed by atoms with E-state index in [1.807, 2.05) is 35.0 Å². The van der Waals surface area contributed by atoms with E-state index in [2.05, 4.69) is 10.4 Å². The van der Waals surface area contributed by atoms with Crippen LogP contribution in [-0.2, 0) is 14.3 Å². The van der Waals surface area contributed by atoms with Gasteiger partial charge in [0, 0.05) is 12.1 Å². The quantitative estimate of drug-likeness (QED) is 0.648. The average molecular weight is 339 g/mol. The van der Waals surface area contributed by atoms with Crippen molar-refractivity contribution in [2.75, 3.05) is 11.9 Å². The molecule has 1 saturated carbocycles. The minimum Gasteiger partial charge on any atom is -0.452 e. The van der Waals surface area contributed by atoms with Gasteiger partial charge >= 0.3 is 5.97 Å². The number of rotatable bonds is 6. The van der Waals surface area contributed by atoms with Gasteiger partial charge in [-0.25, -0.2) is 9.48 Å². The molecule has 0 aliphatic heterocycles. The fraction of sp³-hybridized carbons (Fsp3) is 0.316. The van der Waals surface area contributed by atoms with Crippen LogP contribution in [0.25, 0.3) is 6.08 Å². The van der Waals surface area contributed by atoms with Gasteiger partial charge in [-0.3, -0.25) is 4.79 Å². The minimum atomic E-state index is -0.552. The number of amides is 1. The summed E-state index contributed by atoms with van der Waals surface area (Å²) in [6.45, 7) is -0.326. The fourth-order valence-corrected chi connectivity index (χ4v) is 2.95. The molecular formula is C19H21N3O3. The van der Waals surface area contributed by atoms with E-state index < -0.39 is 5.97 Å². The number of ether oxygens (including phenoxy) is 1. The van der Waals surface area contributed by atoms with Gasteiger partial charge < -0.3 is 10.1 Å². The Morgan fingerprint density at radius 3 is 2.72 bits per heavy atom. The van der Waals surface area contributed by atoms with Crippen LogP contribution in [0.5, 0.6) is 0 Å². The summed E-state index contributed by atoms with van der Waals surface area (Å²) in [6, 6.07) is 11.5. The van der Waals surface area contributed by atoms with Crippen LogP contribution in [0.3, 0.4) is 0 Å². The molecule has 0 atom stereocenters. The van der Waals surface area contributed by atoms with E-state index in [-0.39, 0.29) is 12.5 Å². The second-order valence-electron chi connectivity index (χ2n) is 6.00. The molecule has 6 nitrogen and oxygen atoms in total. The zero-order valence-electron chi connectivity index (χ0n) is 13.9. The molecule has 1 heterocycles. The van der Waals surface area contributed by atoms with Gasteiger partial charge in [-0.2, -0.15) is 5.10 Å². The van der Waals surface area contributed by atoms with Crippen LogP contribution in [0.2, 0.25) is 0 Å². The van der Waals surface area contributed by atoms with Gasteiger partial charge in [-0.1, -0.05) is 43.2 Å².